The number of methoxy groups -OCH3 is 1. The Morgan fingerprint density at radius 1 is 0.880 bits per heavy atom. The lowest BCUT2D eigenvalue weighted by Gasteiger charge is -2.36. The molecule has 15 heteroatoms. The Hall–Kier alpha value is -0.640. The molecule has 0 saturated carbocycles. The highest BCUT2D eigenvalue weighted by Gasteiger charge is 2.46. The quantitative estimate of drug-likeness (QED) is 0.510. The maximum absolute atomic E-state index is 11.4. The molecule has 0 spiro atoms. The standard InChI is InChI=1S/C8H18NO.C2F6NO4S2/c1-9(8-10-2)6-4-3-5-7-9;3-1(4,5)14(10,11)9-15(12,13)2(6,7)8/h3-8H2,1-2H3;/q+1;-1. The number of piperidine rings is 1. The molecule has 0 N–H and O–H groups in total. The number of nitrogens with zero attached hydrogens (tertiary/aromatic N) is 2. The fourth-order valence-electron chi connectivity index (χ4n) is 1.93. The van der Waals surface area contributed by atoms with Crippen LogP contribution in [0, 0.1) is 0 Å². The SMILES string of the molecule is COC[N+]1(C)CCCCC1.O=S(=O)([N-]S(=O)(=O)C(F)(F)F)C(F)(F)F. The first-order chi connectivity index (χ1) is 11.0. The van der Waals surface area contributed by atoms with E-state index in [9.17, 15) is 43.2 Å². The molecular formula is C10H18F6N2O5S2. The van der Waals surface area contributed by atoms with Crippen LogP contribution >= 0.6 is 0 Å². The molecule has 1 fully saturated rings. The van der Waals surface area contributed by atoms with E-state index in [2.05, 4.69) is 7.05 Å². The third-order valence-corrected chi connectivity index (χ3v) is 5.86. The van der Waals surface area contributed by atoms with Crippen LogP contribution in [-0.4, -0.2) is 66.3 Å². The topological polar surface area (TPSA) is 91.6 Å². The summed E-state index contributed by atoms with van der Waals surface area (Å²) in [6, 6.07) is 0. The molecule has 0 radical (unpaired) electrons. The van der Waals surface area contributed by atoms with Crippen molar-refractivity contribution in [3.63, 3.8) is 0 Å². The molecule has 7 nitrogen and oxygen atoms in total. The minimum Gasteiger partial charge on any atom is -0.421 e. The molecule has 0 atom stereocenters. The first-order valence-corrected chi connectivity index (χ1v) is 9.55. The average molecular weight is 424 g/mol. The van der Waals surface area contributed by atoms with E-state index >= 15 is 0 Å². The van der Waals surface area contributed by atoms with Crippen molar-refractivity contribution in [3.05, 3.63) is 4.13 Å². The number of likely N-dealkylation sites (tertiary alicyclic amines) is 1. The number of rotatable bonds is 4. The highest BCUT2D eigenvalue weighted by molar-refractivity contribution is 8.13. The molecule has 0 unspecified atom stereocenters. The number of alkyl halides is 6. The van der Waals surface area contributed by atoms with Crippen molar-refractivity contribution in [1.29, 1.82) is 0 Å². The maximum atomic E-state index is 11.4. The van der Waals surface area contributed by atoms with Gasteiger partial charge in [0.1, 0.15) is 0 Å². The van der Waals surface area contributed by atoms with Gasteiger partial charge < -0.3 is 13.3 Å². The second-order valence-corrected chi connectivity index (χ2v) is 8.88. The molecule has 152 valence electrons. The lowest BCUT2D eigenvalue weighted by molar-refractivity contribution is -0.931. The van der Waals surface area contributed by atoms with Crippen molar-refractivity contribution in [2.24, 2.45) is 0 Å². The molecular weight excluding hydrogens is 406 g/mol. The smallest absolute Gasteiger partial charge is 0.421 e. The van der Waals surface area contributed by atoms with Gasteiger partial charge in [0.25, 0.3) is 0 Å². The Morgan fingerprint density at radius 3 is 1.52 bits per heavy atom. The van der Waals surface area contributed by atoms with Crippen molar-refractivity contribution in [2.75, 3.05) is 34.0 Å². The minimum atomic E-state index is -6.72. The molecule has 1 saturated heterocycles. The third kappa shape index (κ3) is 7.64. The van der Waals surface area contributed by atoms with Crippen LogP contribution < -0.4 is 0 Å². The lowest BCUT2D eigenvalue weighted by atomic mass is 10.1. The van der Waals surface area contributed by atoms with Gasteiger partial charge in [-0.05, 0) is 19.3 Å². The summed E-state index contributed by atoms with van der Waals surface area (Å²) in [5, 5.41) is 0. The molecule has 1 aliphatic heterocycles. The van der Waals surface area contributed by atoms with Crippen LogP contribution in [0.3, 0.4) is 0 Å². The summed E-state index contributed by atoms with van der Waals surface area (Å²) in [4.78, 5) is 0. The number of hydrogen-bond acceptors (Lipinski definition) is 5. The Morgan fingerprint density at radius 2 is 1.24 bits per heavy atom. The largest absolute Gasteiger partial charge is 0.480 e. The van der Waals surface area contributed by atoms with Crippen LogP contribution in [0.2, 0.25) is 0 Å². The summed E-state index contributed by atoms with van der Waals surface area (Å²) in [5.41, 5.74) is -12.4. The van der Waals surface area contributed by atoms with Gasteiger partial charge in [0.05, 0.1) is 20.1 Å². The number of quaternary nitrogens is 1. The Balaban J connectivity index is 0.000000496. The Bertz CT molecular complexity index is 576. The number of hydrogen-bond donors (Lipinski definition) is 0. The van der Waals surface area contributed by atoms with E-state index in [4.69, 9.17) is 4.74 Å². The molecule has 0 aromatic carbocycles. The zero-order valence-electron chi connectivity index (χ0n) is 13.3. The van der Waals surface area contributed by atoms with E-state index < -0.39 is 31.1 Å². The van der Waals surface area contributed by atoms with E-state index in [1.807, 2.05) is 0 Å². The summed E-state index contributed by atoms with van der Waals surface area (Å²) in [6.07, 6.45) is 4.16. The summed E-state index contributed by atoms with van der Waals surface area (Å²) in [5.74, 6) is 0. The predicted octanol–water partition coefficient (Wildman–Crippen LogP) is 2.28. The first kappa shape index (κ1) is 24.4. The fraction of sp³-hybridized carbons (Fsp3) is 1.00. The van der Waals surface area contributed by atoms with Gasteiger partial charge in [-0.3, -0.25) is 0 Å². The summed E-state index contributed by atoms with van der Waals surface area (Å²) in [6.45, 7) is 3.49. The highest BCUT2D eigenvalue weighted by Crippen LogP contribution is 2.36. The molecule has 0 amide bonds. The van der Waals surface area contributed by atoms with E-state index in [-0.39, 0.29) is 0 Å². The monoisotopic (exact) mass is 424 g/mol. The third-order valence-electron chi connectivity index (χ3n) is 3.12. The molecule has 1 aliphatic rings. The molecule has 0 aliphatic carbocycles. The second kappa shape index (κ2) is 8.37. The number of sulfonamides is 2. The maximum Gasteiger partial charge on any atom is 0.480 e. The zero-order chi connectivity index (χ0) is 20.2. The minimum absolute atomic E-state index is 0.778. The van der Waals surface area contributed by atoms with Gasteiger partial charge in [0.2, 0.25) is 0 Å². The van der Waals surface area contributed by atoms with Gasteiger partial charge in [0, 0.05) is 7.11 Å². The number of halogens is 6. The van der Waals surface area contributed by atoms with Crippen LogP contribution in [0.15, 0.2) is 0 Å². The summed E-state index contributed by atoms with van der Waals surface area (Å²) in [7, 11) is -9.37. The van der Waals surface area contributed by atoms with Gasteiger partial charge in [-0.1, -0.05) is 0 Å². The highest BCUT2D eigenvalue weighted by atomic mass is 32.3. The van der Waals surface area contributed by atoms with Crippen LogP contribution in [-0.2, 0) is 24.8 Å². The molecule has 0 bridgehead atoms. The first-order valence-electron chi connectivity index (χ1n) is 6.67. The van der Waals surface area contributed by atoms with Crippen LogP contribution in [0.25, 0.3) is 4.13 Å². The molecule has 25 heavy (non-hydrogen) atoms. The fourth-order valence-corrected chi connectivity index (χ4v) is 3.64. The number of ether oxygens (including phenoxy) is 1. The van der Waals surface area contributed by atoms with E-state index in [1.165, 1.54) is 32.4 Å². The summed E-state index contributed by atoms with van der Waals surface area (Å²) < 4.78 is 115. The molecule has 0 aromatic heterocycles. The van der Waals surface area contributed by atoms with Crippen LogP contribution in [0.5, 0.6) is 0 Å². The van der Waals surface area contributed by atoms with Crippen LogP contribution in [0.1, 0.15) is 19.3 Å². The molecule has 1 rings (SSSR count). The van der Waals surface area contributed by atoms with Crippen molar-refractivity contribution in [2.45, 2.75) is 30.3 Å². The average Bonchev–Trinajstić information content (AvgIpc) is 2.36. The zero-order valence-corrected chi connectivity index (χ0v) is 14.9. The van der Waals surface area contributed by atoms with E-state index in [0.29, 0.717) is 0 Å². The van der Waals surface area contributed by atoms with E-state index in [1.54, 1.807) is 7.11 Å². The van der Waals surface area contributed by atoms with E-state index in [0.717, 1.165) is 15.3 Å². The lowest BCUT2D eigenvalue weighted by Crippen LogP contribution is -2.48. The van der Waals surface area contributed by atoms with Gasteiger partial charge in [0.15, 0.2) is 26.8 Å². The Kier molecular flexibility index (Phi) is 8.15. The Labute approximate surface area is 141 Å². The molecule has 0 aromatic rings. The second-order valence-electron chi connectivity index (χ2n) is 5.46. The normalized spacial score (nSPS) is 19.0. The van der Waals surface area contributed by atoms with Crippen molar-refractivity contribution < 1.29 is 52.4 Å². The van der Waals surface area contributed by atoms with Gasteiger partial charge >= 0.3 is 11.0 Å². The van der Waals surface area contributed by atoms with Crippen molar-refractivity contribution in [3.8, 4) is 0 Å². The van der Waals surface area contributed by atoms with Gasteiger partial charge in [-0.15, -0.1) is 0 Å². The van der Waals surface area contributed by atoms with Crippen LogP contribution in [0.4, 0.5) is 26.3 Å². The molecule has 1 heterocycles. The van der Waals surface area contributed by atoms with Crippen molar-refractivity contribution in [1.82, 2.24) is 0 Å². The van der Waals surface area contributed by atoms with Gasteiger partial charge in [-0.25, -0.2) is 16.8 Å². The summed E-state index contributed by atoms with van der Waals surface area (Å²) >= 11 is 0. The van der Waals surface area contributed by atoms with Gasteiger partial charge in [-0.2, -0.15) is 26.3 Å². The van der Waals surface area contributed by atoms with Crippen molar-refractivity contribution >= 4 is 20.0 Å². The predicted molar refractivity (Wildman–Crippen MR) is 75.0 cm³/mol.